The Morgan fingerprint density at radius 1 is 1.14 bits per heavy atom. The number of ether oxygens (including phenoxy) is 3. The Balaban J connectivity index is 2.32. The summed E-state index contributed by atoms with van der Waals surface area (Å²) in [5.41, 5.74) is 6.48. The molecule has 0 unspecified atom stereocenters. The lowest BCUT2D eigenvalue weighted by atomic mass is 10.2. The van der Waals surface area contributed by atoms with Crippen LogP contribution in [0.2, 0.25) is 0 Å². The van der Waals surface area contributed by atoms with Gasteiger partial charge in [-0.25, -0.2) is 4.79 Å². The predicted octanol–water partition coefficient (Wildman–Crippen LogP) is 3.25. The molecule has 0 aliphatic heterocycles. The number of nitrogens with two attached hydrogens (primary N) is 1. The number of esters is 1. The first kappa shape index (κ1) is 14.7. The van der Waals surface area contributed by atoms with Crippen molar-refractivity contribution in [2.45, 2.75) is 6.92 Å². The molecule has 0 spiro atoms. The average Bonchev–Trinajstić information content (AvgIpc) is 2.49. The van der Waals surface area contributed by atoms with E-state index < -0.39 is 5.97 Å². The summed E-state index contributed by atoms with van der Waals surface area (Å²) < 4.78 is 15.9. The molecule has 2 aromatic carbocycles. The first-order valence-electron chi connectivity index (χ1n) is 6.52. The first-order chi connectivity index (χ1) is 10.1. The summed E-state index contributed by atoms with van der Waals surface area (Å²) in [4.78, 5) is 11.9. The fraction of sp³-hybridized carbons (Fsp3) is 0.188. The quantitative estimate of drug-likeness (QED) is 0.675. The summed E-state index contributed by atoms with van der Waals surface area (Å²) in [5.74, 6) is 1.14. The molecule has 5 heteroatoms. The van der Waals surface area contributed by atoms with Gasteiger partial charge in [-0.15, -0.1) is 0 Å². The van der Waals surface area contributed by atoms with Gasteiger partial charge in [-0.2, -0.15) is 0 Å². The number of carbonyl (C=O) groups excluding carboxylic acids is 1. The molecule has 0 fully saturated rings. The number of anilines is 1. The van der Waals surface area contributed by atoms with Crippen LogP contribution in [0.3, 0.4) is 0 Å². The van der Waals surface area contributed by atoms with Gasteiger partial charge in [0.1, 0.15) is 22.8 Å². The molecule has 0 heterocycles. The minimum absolute atomic E-state index is 0.284. The number of hydrogen-bond donors (Lipinski definition) is 1. The number of nitrogen functional groups attached to an aromatic ring is 1. The van der Waals surface area contributed by atoms with E-state index in [1.54, 1.807) is 44.4 Å². The molecule has 2 N–H and O–H groups in total. The normalized spacial score (nSPS) is 10.0. The lowest BCUT2D eigenvalue weighted by Gasteiger charge is -2.12. The van der Waals surface area contributed by atoms with E-state index in [0.717, 1.165) is 0 Å². The minimum atomic E-state index is -0.470. The van der Waals surface area contributed by atoms with E-state index >= 15 is 0 Å². The second kappa shape index (κ2) is 6.65. The summed E-state index contributed by atoms with van der Waals surface area (Å²) in [6, 6.07) is 11.9. The number of carbonyl (C=O) groups is 1. The van der Waals surface area contributed by atoms with Crippen LogP contribution < -0.4 is 15.2 Å². The molecular formula is C16H17NO4. The number of rotatable bonds is 5. The largest absolute Gasteiger partial charge is 0.497 e. The SMILES string of the molecule is CCOC(=O)c1cc(N)ccc1Oc1cccc(OC)c1. The molecule has 0 atom stereocenters. The Labute approximate surface area is 123 Å². The van der Waals surface area contributed by atoms with Crippen molar-refractivity contribution in [2.75, 3.05) is 19.5 Å². The molecule has 0 saturated carbocycles. The van der Waals surface area contributed by atoms with E-state index in [4.69, 9.17) is 19.9 Å². The smallest absolute Gasteiger partial charge is 0.342 e. The van der Waals surface area contributed by atoms with Crippen LogP contribution in [0.15, 0.2) is 42.5 Å². The van der Waals surface area contributed by atoms with Crippen molar-refractivity contribution >= 4 is 11.7 Å². The van der Waals surface area contributed by atoms with Gasteiger partial charge < -0.3 is 19.9 Å². The summed E-state index contributed by atoms with van der Waals surface area (Å²) >= 11 is 0. The molecule has 5 nitrogen and oxygen atoms in total. The lowest BCUT2D eigenvalue weighted by molar-refractivity contribution is 0.0523. The topological polar surface area (TPSA) is 70.8 Å². The van der Waals surface area contributed by atoms with Crippen LogP contribution in [0.1, 0.15) is 17.3 Å². The highest BCUT2D eigenvalue weighted by atomic mass is 16.5. The molecule has 2 aromatic rings. The van der Waals surface area contributed by atoms with Crippen LogP contribution in [0.5, 0.6) is 17.2 Å². The highest BCUT2D eigenvalue weighted by molar-refractivity contribution is 5.93. The summed E-state index contributed by atoms with van der Waals surface area (Å²) in [7, 11) is 1.58. The van der Waals surface area contributed by atoms with E-state index in [1.165, 1.54) is 6.07 Å². The monoisotopic (exact) mass is 287 g/mol. The second-order valence-electron chi connectivity index (χ2n) is 4.26. The molecule has 0 aromatic heterocycles. The fourth-order valence-corrected chi connectivity index (χ4v) is 1.80. The highest BCUT2D eigenvalue weighted by Gasteiger charge is 2.15. The van der Waals surface area contributed by atoms with Crippen molar-refractivity contribution in [2.24, 2.45) is 0 Å². The van der Waals surface area contributed by atoms with Crippen LogP contribution in [0.4, 0.5) is 5.69 Å². The van der Waals surface area contributed by atoms with Crippen molar-refractivity contribution in [1.29, 1.82) is 0 Å². The maximum absolute atomic E-state index is 11.9. The standard InChI is InChI=1S/C16H17NO4/c1-3-20-16(18)14-9-11(17)7-8-15(14)21-13-6-4-5-12(10-13)19-2/h4-10H,3,17H2,1-2H3. The van der Waals surface area contributed by atoms with Crippen molar-refractivity contribution < 1.29 is 19.0 Å². The molecule has 2 rings (SSSR count). The van der Waals surface area contributed by atoms with Crippen molar-refractivity contribution in [3.63, 3.8) is 0 Å². The predicted molar refractivity (Wildman–Crippen MR) is 79.9 cm³/mol. The third-order valence-corrected chi connectivity index (χ3v) is 2.77. The average molecular weight is 287 g/mol. The van der Waals surface area contributed by atoms with E-state index in [2.05, 4.69) is 0 Å². The molecule has 0 amide bonds. The Morgan fingerprint density at radius 3 is 2.62 bits per heavy atom. The molecule has 0 saturated heterocycles. The molecule has 21 heavy (non-hydrogen) atoms. The first-order valence-corrected chi connectivity index (χ1v) is 6.52. The number of hydrogen-bond acceptors (Lipinski definition) is 5. The van der Waals surface area contributed by atoms with Crippen LogP contribution in [-0.2, 0) is 4.74 Å². The van der Waals surface area contributed by atoms with Gasteiger partial charge in [-0.1, -0.05) is 6.07 Å². The molecule has 0 aliphatic carbocycles. The van der Waals surface area contributed by atoms with Gasteiger partial charge >= 0.3 is 5.97 Å². The molecule has 0 bridgehead atoms. The van der Waals surface area contributed by atoms with Crippen molar-refractivity contribution in [1.82, 2.24) is 0 Å². The van der Waals surface area contributed by atoms with E-state index in [0.29, 0.717) is 28.5 Å². The Bertz CT molecular complexity index is 640. The maximum Gasteiger partial charge on any atom is 0.342 e. The number of methoxy groups -OCH3 is 1. The third-order valence-electron chi connectivity index (χ3n) is 2.77. The second-order valence-corrected chi connectivity index (χ2v) is 4.26. The van der Waals surface area contributed by atoms with E-state index in [9.17, 15) is 4.79 Å². The molecule has 110 valence electrons. The Kier molecular flexibility index (Phi) is 4.66. The molecule has 0 radical (unpaired) electrons. The van der Waals surface area contributed by atoms with Crippen LogP contribution in [-0.4, -0.2) is 19.7 Å². The maximum atomic E-state index is 11.9. The Hall–Kier alpha value is -2.69. The highest BCUT2D eigenvalue weighted by Crippen LogP contribution is 2.29. The zero-order valence-electron chi connectivity index (χ0n) is 12.0. The van der Waals surface area contributed by atoms with Gasteiger partial charge in [0, 0.05) is 11.8 Å². The Morgan fingerprint density at radius 2 is 1.90 bits per heavy atom. The van der Waals surface area contributed by atoms with E-state index in [1.807, 2.05) is 6.07 Å². The number of benzene rings is 2. The summed E-state index contributed by atoms with van der Waals surface area (Å²) in [6.07, 6.45) is 0. The van der Waals surface area contributed by atoms with Gasteiger partial charge in [0.05, 0.1) is 13.7 Å². The van der Waals surface area contributed by atoms with Crippen molar-refractivity contribution in [3.8, 4) is 17.2 Å². The van der Waals surface area contributed by atoms with Gasteiger partial charge in [0.2, 0.25) is 0 Å². The van der Waals surface area contributed by atoms with Gasteiger partial charge in [-0.3, -0.25) is 0 Å². The third kappa shape index (κ3) is 3.66. The summed E-state index contributed by atoms with van der Waals surface area (Å²) in [6.45, 7) is 2.03. The van der Waals surface area contributed by atoms with Crippen LogP contribution in [0, 0.1) is 0 Å². The van der Waals surface area contributed by atoms with Gasteiger partial charge in [-0.05, 0) is 37.3 Å². The lowest BCUT2D eigenvalue weighted by Crippen LogP contribution is -2.07. The molecule has 0 aliphatic rings. The zero-order valence-corrected chi connectivity index (χ0v) is 12.0. The minimum Gasteiger partial charge on any atom is -0.497 e. The fourth-order valence-electron chi connectivity index (χ4n) is 1.80. The van der Waals surface area contributed by atoms with E-state index in [-0.39, 0.29) is 6.61 Å². The van der Waals surface area contributed by atoms with Gasteiger partial charge in [0.15, 0.2) is 0 Å². The van der Waals surface area contributed by atoms with Crippen molar-refractivity contribution in [3.05, 3.63) is 48.0 Å². The zero-order chi connectivity index (χ0) is 15.2. The molecular weight excluding hydrogens is 270 g/mol. The van der Waals surface area contributed by atoms with Gasteiger partial charge in [0.25, 0.3) is 0 Å². The summed E-state index contributed by atoms with van der Waals surface area (Å²) in [5, 5.41) is 0. The van der Waals surface area contributed by atoms with Crippen LogP contribution in [0.25, 0.3) is 0 Å². The van der Waals surface area contributed by atoms with Crippen LogP contribution >= 0.6 is 0 Å².